The number of hydrogen-bond donors (Lipinski definition) is 3. The molecule has 3 amide bonds. The first kappa shape index (κ1) is 24.4. The molecule has 4 rings (SSSR count). The van der Waals surface area contributed by atoms with E-state index in [1.165, 1.54) is 6.20 Å². The number of nitrogens with zero attached hydrogens (tertiary/aromatic N) is 2. The van der Waals surface area contributed by atoms with Crippen LogP contribution in [-0.2, 0) is 25.6 Å². The molecule has 2 atom stereocenters. The number of benzene rings is 1. The first-order valence-electron chi connectivity index (χ1n) is 11.9. The summed E-state index contributed by atoms with van der Waals surface area (Å²) in [7, 11) is 0. The number of aromatic nitrogens is 1. The van der Waals surface area contributed by atoms with Crippen molar-refractivity contribution < 1.29 is 19.2 Å². The van der Waals surface area contributed by atoms with Crippen LogP contribution in [0.5, 0.6) is 0 Å². The Bertz CT molecular complexity index is 1190. The summed E-state index contributed by atoms with van der Waals surface area (Å²) in [6.07, 6.45) is 3.37. The Morgan fingerprint density at radius 3 is 2.69 bits per heavy atom. The molecule has 1 aromatic carbocycles. The van der Waals surface area contributed by atoms with Crippen LogP contribution in [0.2, 0.25) is 0 Å². The first-order chi connectivity index (χ1) is 16.6. The van der Waals surface area contributed by atoms with Crippen LogP contribution >= 0.6 is 0 Å². The minimum absolute atomic E-state index is 0.0219. The van der Waals surface area contributed by atoms with Gasteiger partial charge in [-0.1, -0.05) is 26.0 Å². The molecule has 2 aliphatic rings. The minimum atomic E-state index is -0.764. The van der Waals surface area contributed by atoms with Crippen LogP contribution in [0.4, 0.5) is 17.2 Å². The zero-order chi connectivity index (χ0) is 25.3. The molecule has 0 aliphatic carbocycles. The molecule has 0 bridgehead atoms. The quantitative estimate of drug-likeness (QED) is 0.580. The number of fused-ring (bicyclic) bond motifs is 1. The van der Waals surface area contributed by atoms with Gasteiger partial charge in [0.2, 0.25) is 5.91 Å². The van der Waals surface area contributed by atoms with E-state index in [-0.39, 0.29) is 23.5 Å². The average Bonchev–Trinajstić information content (AvgIpc) is 2.84. The third kappa shape index (κ3) is 5.18. The highest BCUT2D eigenvalue weighted by Crippen LogP contribution is 2.38. The molecule has 9 heteroatoms. The summed E-state index contributed by atoms with van der Waals surface area (Å²) < 4.78 is 0. The van der Waals surface area contributed by atoms with Gasteiger partial charge in [0.05, 0.1) is 17.9 Å². The molecule has 2 unspecified atom stereocenters. The number of amides is 3. The number of pyridine rings is 1. The van der Waals surface area contributed by atoms with E-state index in [1.54, 1.807) is 17.9 Å². The van der Waals surface area contributed by atoms with Crippen molar-refractivity contribution in [2.45, 2.75) is 52.5 Å². The molecular weight excluding hydrogens is 446 g/mol. The number of aryl methyl sites for hydroxylation is 2. The average molecular weight is 478 g/mol. The predicted octanol–water partition coefficient (Wildman–Crippen LogP) is 3.00. The lowest BCUT2D eigenvalue weighted by molar-refractivity contribution is -0.147. The smallest absolute Gasteiger partial charge is 0.313 e. The maximum atomic E-state index is 13.3. The molecule has 35 heavy (non-hydrogen) atoms. The topological polar surface area (TPSA) is 134 Å². The fourth-order valence-electron chi connectivity index (χ4n) is 4.83. The van der Waals surface area contributed by atoms with Gasteiger partial charge in [-0.25, -0.2) is 4.98 Å². The molecule has 0 radical (unpaired) electrons. The third-order valence-electron chi connectivity index (χ3n) is 6.82. The number of nitrogen functional groups attached to an aromatic ring is 1. The molecule has 2 aliphatic heterocycles. The molecule has 0 saturated carbocycles. The predicted molar refractivity (Wildman–Crippen MR) is 132 cm³/mol. The van der Waals surface area contributed by atoms with E-state index >= 15 is 0 Å². The van der Waals surface area contributed by atoms with Crippen LogP contribution in [0.25, 0.3) is 0 Å². The molecular formula is C26H31N5O4. The van der Waals surface area contributed by atoms with E-state index in [9.17, 15) is 19.2 Å². The van der Waals surface area contributed by atoms with Gasteiger partial charge < -0.3 is 21.3 Å². The van der Waals surface area contributed by atoms with Crippen molar-refractivity contribution in [3.63, 3.8) is 0 Å². The number of rotatable bonds is 4. The summed E-state index contributed by atoms with van der Waals surface area (Å²) in [6, 6.07) is 6.91. The maximum Gasteiger partial charge on any atom is 0.313 e. The summed E-state index contributed by atoms with van der Waals surface area (Å²) >= 11 is 0. The van der Waals surface area contributed by atoms with E-state index in [0.29, 0.717) is 49.3 Å². The lowest BCUT2D eigenvalue weighted by Gasteiger charge is -2.39. The van der Waals surface area contributed by atoms with E-state index in [4.69, 9.17) is 5.73 Å². The van der Waals surface area contributed by atoms with Gasteiger partial charge in [-0.3, -0.25) is 19.2 Å². The summed E-state index contributed by atoms with van der Waals surface area (Å²) in [5.74, 6) is -1.22. The molecule has 3 heterocycles. The molecule has 184 valence electrons. The number of likely N-dealkylation sites (tertiary alicyclic amines) is 1. The summed E-state index contributed by atoms with van der Waals surface area (Å²) in [6.45, 7) is 5.83. The van der Waals surface area contributed by atoms with E-state index < -0.39 is 17.9 Å². The lowest BCUT2D eigenvalue weighted by atomic mass is 9.81. The summed E-state index contributed by atoms with van der Waals surface area (Å²) in [5, 5.41) is 5.49. The number of nitrogens with one attached hydrogen (secondary N) is 2. The SMILES string of the molecule is Cc1cc(NC(=O)C(=O)N2CCC(C(=O)C(C)C)CC2c2ccc3c(c2)CCC(=O)N3)cnc1N. The van der Waals surface area contributed by atoms with Crippen LogP contribution < -0.4 is 16.4 Å². The fourth-order valence-corrected chi connectivity index (χ4v) is 4.83. The van der Waals surface area contributed by atoms with Crippen LogP contribution in [0, 0.1) is 18.8 Å². The van der Waals surface area contributed by atoms with Crippen LogP contribution in [-0.4, -0.2) is 39.9 Å². The van der Waals surface area contributed by atoms with Crippen molar-refractivity contribution in [1.29, 1.82) is 0 Å². The number of nitrogens with two attached hydrogens (primary N) is 1. The molecule has 4 N–H and O–H groups in total. The van der Waals surface area contributed by atoms with E-state index in [1.807, 2.05) is 32.0 Å². The second kappa shape index (κ2) is 9.85. The number of ketones is 1. The number of anilines is 3. The van der Waals surface area contributed by atoms with E-state index in [2.05, 4.69) is 15.6 Å². The fraction of sp³-hybridized carbons (Fsp3) is 0.423. The molecule has 1 aromatic heterocycles. The minimum Gasteiger partial charge on any atom is -0.383 e. The van der Waals surface area contributed by atoms with Crippen molar-refractivity contribution in [3.05, 3.63) is 47.2 Å². The number of Topliss-reactive ketones (excluding diaryl/α,β-unsaturated/α-hetero) is 1. The van der Waals surface area contributed by atoms with Crippen LogP contribution in [0.15, 0.2) is 30.5 Å². The normalized spacial score (nSPS) is 19.7. The Kier molecular flexibility index (Phi) is 6.86. The number of piperidine rings is 1. The Balaban J connectivity index is 1.60. The van der Waals surface area contributed by atoms with Crippen LogP contribution in [0.3, 0.4) is 0 Å². The molecule has 9 nitrogen and oxygen atoms in total. The van der Waals surface area contributed by atoms with Gasteiger partial charge in [-0.15, -0.1) is 0 Å². The van der Waals surface area contributed by atoms with E-state index in [0.717, 1.165) is 16.8 Å². The second-order valence-electron chi connectivity index (χ2n) is 9.64. The molecule has 0 spiro atoms. The Labute approximate surface area is 204 Å². The first-order valence-corrected chi connectivity index (χ1v) is 11.9. The van der Waals surface area contributed by atoms with Crippen molar-refractivity contribution >= 4 is 40.7 Å². The zero-order valence-electron chi connectivity index (χ0n) is 20.3. The Hall–Kier alpha value is -3.75. The zero-order valence-corrected chi connectivity index (χ0v) is 20.3. The number of hydrogen-bond acceptors (Lipinski definition) is 6. The highest BCUT2D eigenvalue weighted by Gasteiger charge is 2.38. The molecule has 2 aromatic rings. The Morgan fingerprint density at radius 1 is 1.20 bits per heavy atom. The monoisotopic (exact) mass is 477 g/mol. The van der Waals surface area contributed by atoms with Gasteiger partial charge in [0.25, 0.3) is 0 Å². The van der Waals surface area contributed by atoms with Crippen molar-refractivity contribution in [3.8, 4) is 0 Å². The number of carbonyl (C=O) groups excluding carboxylic acids is 4. The van der Waals surface area contributed by atoms with Crippen LogP contribution in [0.1, 0.15) is 55.8 Å². The van der Waals surface area contributed by atoms with Crippen molar-refractivity contribution in [2.75, 3.05) is 22.9 Å². The molecule has 1 fully saturated rings. The van der Waals surface area contributed by atoms with Gasteiger partial charge in [-0.2, -0.15) is 0 Å². The van der Waals surface area contributed by atoms with Gasteiger partial charge in [0, 0.05) is 30.5 Å². The molecule has 1 saturated heterocycles. The van der Waals surface area contributed by atoms with Gasteiger partial charge in [0.1, 0.15) is 11.6 Å². The standard InChI is InChI=1S/C26H31N5O4/c1-14(2)23(33)18-8-9-31(26(35)25(34)29-19-10-15(3)24(27)28-13-19)21(12-18)17-4-6-20-16(11-17)5-7-22(32)30-20/h4,6,10-11,13-14,18,21H,5,7-9,12H2,1-3H3,(H2,27,28)(H,29,34)(H,30,32). The Morgan fingerprint density at radius 2 is 1.97 bits per heavy atom. The summed E-state index contributed by atoms with van der Waals surface area (Å²) in [5.41, 5.74) is 9.43. The highest BCUT2D eigenvalue weighted by atomic mass is 16.2. The number of carbonyl (C=O) groups is 4. The van der Waals surface area contributed by atoms with Crippen molar-refractivity contribution in [2.24, 2.45) is 11.8 Å². The lowest BCUT2D eigenvalue weighted by Crippen LogP contribution is -2.47. The summed E-state index contributed by atoms with van der Waals surface area (Å²) in [4.78, 5) is 56.3. The maximum absolute atomic E-state index is 13.3. The van der Waals surface area contributed by atoms with Gasteiger partial charge in [-0.05, 0) is 55.0 Å². The van der Waals surface area contributed by atoms with Gasteiger partial charge >= 0.3 is 11.8 Å². The van der Waals surface area contributed by atoms with Gasteiger partial charge in [0.15, 0.2) is 0 Å². The highest BCUT2D eigenvalue weighted by molar-refractivity contribution is 6.39. The third-order valence-corrected chi connectivity index (χ3v) is 6.82. The largest absolute Gasteiger partial charge is 0.383 e. The van der Waals surface area contributed by atoms with Crippen molar-refractivity contribution in [1.82, 2.24) is 9.88 Å². The second-order valence-corrected chi connectivity index (χ2v) is 9.64.